The number of piperidine rings is 2. The van der Waals surface area contributed by atoms with Gasteiger partial charge < -0.3 is 0 Å². The lowest BCUT2D eigenvalue weighted by atomic mass is 9.71. The largest absolute Gasteiger partial charge is 0.299 e. The zero-order valence-electron chi connectivity index (χ0n) is 14.0. The van der Waals surface area contributed by atoms with Gasteiger partial charge in [0.1, 0.15) is 5.78 Å². The summed E-state index contributed by atoms with van der Waals surface area (Å²) in [6, 6.07) is 0.476. The molecule has 0 saturated carbocycles. The maximum Gasteiger partial charge on any atom is 0.138 e. The first-order valence-electron chi connectivity index (χ1n) is 8.59. The third-order valence-corrected chi connectivity index (χ3v) is 5.78. The first-order chi connectivity index (χ1) is 9.95. The van der Waals surface area contributed by atoms with Crippen LogP contribution in [0.1, 0.15) is 53.4 Å². The standard InChI is InChI=1S/C19H29NO/c1-12(2)7-16-11-20-6-5-15-8-13(3)14(4)9-17(15)18(20)10-19(16)21/h8,12,16-18H,5-7,9-11H2,1-4H3. The average molecular weight is 287 g/mol. The summed E-state index contributed by atoms with van der Waals surface area (Å²) in [7, 11) is 0. The molecule has 0 amide bonds. The number of fused-ring (bicyclic) bond motifs is 3. The predicted molar refractivity (Wildman–Crippen MR) is 87.1 cm³/mol. The highest BCUT2D eigenvalue weighted by molar-refractivity contribution is 5.82. The molecule has 2 fully saturated rings. The molecule has 0 spiro atoms. The van der Waals surface area contributed by atoms with Crippen LogP contribution < -0.4 is 0 Å². The number of carbonyl (C=O) groups is 1. The fourth-order valence-corrected chi connectivity index (χ4v) is 4.49. The molecule has 2 nitrogen and oxygen atoms in total. The molecule has 2 heterocycles. The van der Waals surface area contributed by atoms with E-state index in [1.807, 2.05) is 0 Å². The molecule has 2 heteroatoms. The van der Waals surface area contributed by atoms with Gasteiger partial charge in [0.15, 0.2) is 0 Å². The number of Topliss-reactive ketones (excluding diaryl/α,β-unsaturated/α-hetero) is 1. The summed E-state index contributed by atoms with van der Waals surface area (Å²) >= 11 is 0. The molecule has 21 heavy (non-hydrogen) atoms. The molecule has 3 rings (SSSR count). The Labute approximate surface area is 129 Å². The maximum absolute atomic E-state index is 12.5. The molecule has 2 saturated heterocycles. The Hall–Kier alpha value is -0.890. The van der Waals surface area contributed by atoms with Gasteiger partial charge in [-0.05, 0) is 44.9 Å². The van der Waals surface area contributed by atoms with Crippen LogP contribution in [0.3, 0.4) is 0 Å². The summed E-state index contributed by atoms with van der Waals surface area (Å²) in [4.78, 5) is 15.2. The van der Waals surface area contributed by atoms with Crippen molar-refractivity contribution in [3.63, 3.8) is 0 Å². The van der Waals surface area contributed by atoms with Gasteiger partial charge in [0.2, 0.25) is 0 Å². The highest BCUT2D eigenvalue weighted by Gasteiger charge is 2.42. The highest BCUT2D eigenvalue weighted by atomic mass is 16.1. The van der Waals surface area contributed by atoms with Crippen molar-refractivity contribution >= 4 is 5.78 Å². The molecule has 1 aliphatic carbocycles. The van der Waals surface area contributed by atoms with Crippen molar-refractivity contribution < 1.29 is 4.79 Å². The zero-order valence-corrected chi connectivity index (χ0v) is 14.0. The van der Waals surface area contributed by atoms with E-state index in [0.717, 1.165) is 25.9 Å². The molecule has 0 radical (unpaired) electrons. The monoisotopic (exact) mass is 287 g/mol. The van der Waals surface area contributed by atoms with Gasteiger partial charge in [0.05, 0.1) is 0 Å². The van der Waals surface area contributed by atoms with Crippen LogP contribution >= 0.6 is 0 Å². The van der Waals surface area contributed by atoms with Crippen LogP contribution in [0.4, 0.5) is 0 Å². The lowest BCUT2D eigenvalue weighted by Crippen LogP contribution is -2.54. The van der Waals surface area contributed by atoms with Crippen LogP contribution in [-0.4, -0.2) is 29.8 Å². The summed E-state index contributed by atoms with van der Waals surface area (Å²) < 4.78 is 0. The van der Waals surface area contributed by atoms with Crippen molar-refractivity contribution in [2.24, 2.45) is 17.8 Å². The van der Waals surface area contributed by atoms with Crippen molar-refractivity contribution in [1.29, 1.82) is 0 Å². The minimum absolute atomic E-state index is 0.286. The number of ketones is 1. The minimum atomic E-state index is 0.286. The van der Waals surface area contributed by atoms with E-state index in [2.05, 4.69) is 38.7 Å². The number of nitrogens with zero attached hydrogens (tertiary/aromatic N) is 1. The Bertz CT molecular complexity index is 500. The summed E-state index contributed by atoms with van der Waals surface area (Å²) in [6.45, 7) is 11.1. The van der Waals surface area contributed by atoms with Gasteiger partial charge in [-0.25, -0.2) is 0 Å². The Morgan fingerprint density at radius 3 is 2.76 bits per heavy atom. The molecule has 3 aliphatic rings. The molecule has 116 valence electrons. The highest BCUT2D eigenvalue weighted by Crippen LogP contribution is 2.42. The fraction of sp³-hybridized carbons (Fsp3) is 0.737. The second-order valence-corrected chi connectivity index (χ2v) is 7.80. The van der Waals surface area contributed by atoms with E-state index in [9.17, 15) is 4.79 Å². The fourth-order valence-electron chi connectivity index (χ4n) is 4.49. The SMILES string of the molecule is CC1=C(C)CC2C(=C1)CCN1CC(CC(C)C)C(=O)CC21. The summed E-state index contributed by atoms with van der Waals surface area (Å²) in [6.07, 6.45) is 6.63. The lowest BCUT2D eigenvalue weighted by molar-refractivity contribution is -0.130. The number of allylic oxidation sites excluding steroid dienone is 3. The number of hydrogen-bond acceptors (Lipinski definition) is 2. The van der Waals surface area contributed by atoms with Gasteiger partial charge in [0, 0.05) is 31.5 Å². The van der Waals surface area contributed by atoms with E-state index in [1.165, 1.54) is 24.0 Å². The van der Waals surface area contributed by atoms with Gasteiger partial charge in [-0.3, -0.25) is 9.69 Å². The van der Waals surface area contributed by atoms with Gasteiger partial charge >= 0.3 is 0 Å². The second-order valence-electron chi connectivity index (χ2n) is 7.80. The van der Waals surface area contributed by atoms with Gasteiger partial charge in [-0.1, -0.05) is 36.6 Å². The summed E-state index contributed by atoms with van der Waals surface area (Å²) in [5.41, 5.74) is 4.58. The smallest absolute Gasteiger partial charge is 0.138 e. The van der Waals surface area contributed by atoms with Crippen molar-refractivity contribution in [2.45, 2.75) is 59.4 Å². The number of rotatable bonds is 2. The molecule has 2 aliphatic heterocycles. The molecule has 0 aromatic heterocycles. The van der Waals surface area contributed by atoms with Crippen molar-refractivity contribution in [1.82, 2.24) is 4.90 Å². The van der Waals surface area contributed by atoms with E-state index >= 15 is 0 Å². The van der Waals surface area contributed by atoms with E-state index in [0.29, 0.717) is 23.7 Å². The molecule has 0 aromatic rings. The predicted octanol–water partition coefficient (Wildman–Crippen LogP) is 3.98. The Balaban J connectivity index is 1.76. The van der Waals surface area contributed by atoms with Crippen LogP contribution in [0.2, 0.25) is 0 Å². The number of hydrogen-bond donors (Lipinski definition) is 0. The topological polar surface area (TPSA) is 20.3 Å². The zero-order chi connectivity index (χ0) is 15.1. The third kappa shape index (κ3) is 2.88. The molecule has 0 bridgehead atoms. The van der Waals surface area contributed by atoms with Gasteiger partial charge in [-0.15, -0.1) is 0 Å². The Morgan fingerprint density at radius 2 is 2.05 bits per heavy atom. The van der Waals surface area contributed by atoms with Crippen molar-refractivity contribution in [2.75, 3.05) is 13.1 Å². The van der Waals surface area contributed by atoms with Gasteiger partial charge in [-0.2, -0.15) is 0 Å². The number of carbonyl (C=O) groups excluding carboxylic acids is 1. The third-order valence-electron chi connectivity index (χ3n) is 5.78. The molecular formula is C19H29NO. The molecule has 0 aromatic carbocycles. The average Bonchev–Trinajstić information content (AvgIpc) is 2.41. The normalized spacial score (nSPS) is 33.9. The quantitative estimate of drug-likeness (QED) is 0.765. The molecule has 3 atom stereocenters. The first kappa shape index (κ1) is 15.0. The van der Waals surface area contributed by atoms with Crippen LogP contribution in [0, 0.1) is 17.8 Å². The van der Waals surface area contributed by atoms with Gasteiger partial charge in [0.25, 0.3) is 0 Å². The van der Waals surface area contributed by atoms with Crippen LogP contribution in [0.15, 0.2) is 22.8 Å². The summed E-state index contributed by atoms with van der Waals surface area (Å²) in [5, 5.41) is 0. The van der Waals surface area contributed by atoms with Crippen molar-refractivity contribution in [3.8, 4) is 0 Å². The van der Waals surface area contributed by atoms with Crippen molar-refractivity contribution in [3.05, 3.63) is 22.8 Å². The maximum atomic E-state index is 12.5. The second kappa shape index (κ2) is 5.72. The minimum Gasteiger partial charge on any atom is -0.299 e. The molecule has 3 unspecified atom stereocenters. The van der Waals surface area contributed by atoms with E-state index in [4.69, 9.17) is 0 Å². The molecule has 0 N–H and O–H groups in total. The lowest BCUT2D eigenvalue weighted by Gasteiger charge is -2.48. The van der Waals surface area contributed by atoms with E-state index in [-0.39, 0.29) is 5.92 Å². The van der Waals surface area contributed by atoms with E-state index in [1.54, 1.807) is 5.57 Å². The van der Waals surface area contributed by atoms with Crippen LogP contribution in [0.25, 0.3) is 0 Å². The Kier molecular flexibility index (Phi) is 4.09. The van der Waals surface area contributed by atoms with E-state index < -0.39 is 0 Å². The summed E-state index contributed by atoms with van der Waals surface area (Å²) in [5.74, 6) is 2.04. The first-order valence-corrected chi connectivity index (χ1v) is 8.59. The van der Waals surface area contributed by atoms with Crippen LogP contribution in [0.5, 0.6) is 0 Å². The van der Waals surface area contributed by atoms with Crippen LogP contribution in [-0.2, 0) is 4.79 Å². The molecular weight excluding hydrogens is 258 g/mol. The Morgan fingerprint density at radius 1 is 1.29 bits per heavy atom.